The third kappa shape index (κ3) is 1.63. The van der Waals surface area contributed by atoms with Crippen LogP contribution in [0.4, 0.5) is 13.2 Å². The number of carboxylic acid groups (broad SMARTS) is 2. The third-order valence-electron chi connectivity index (χ3n) is 4.62. The van der Waals surface area contributed by atoms with Crippen molar-refractivity contribution < 1.29 is 39.5 Å². The quantitative estimate of drug-likeness (QED) is 0.696. The Morgan fingerprint density at radius 1 is 1.20 bits per heavy atom. The summed E-state index contributed by atoms with van der Waals surface area (Å²) in [5.41, 5.74) is -7.87. The lowest BCUT2D eigenvalue weighted by Crippen LogP contribution is -2.57. The second-order valence-electron chi connectivity index (χ2n) is 5.38. The van der Waals surface area contributed by atoms with E-state index in [1.807, 2.05) is 0 Å². The first-order valence-electron chi connectivity index (χ1n) is 6.18. The molecule has 3 N–H and O–H groups in total. The molecule has 0 aromatic heterocycles. The van der Waals surface area contributed by atoms with Gasteiger partial charge < -0.3 is 15.3 Å². The van der Waals surface area contributed by atoms with Crippen LogP contribution in [-0.2, 0) is 9.59 Å². The van der Waals surface area contributed by atoms with Crippen molar-refractivity contribution in [2.75, 3.05) is 0 Å². The van der Waals surface area contributed by atoms with E-state index < -0.39 is 53.4 Å². The molecule has 114 valence electrons. The van der Waals surface area contributed by atoms with Gasteiger partial charge in [-0.25, -0.2) is 0 Å². The van der Waals surface area contributed by atoms with Crippen LogP contribution in [0.1, 0.15) is 28.1 Å². The van der Waals surface area contributed by atoms with Crippen molar-refractivity contribution in [2.45, 2.75) is 32.9 Å². The Balaban J connectivity index is 3.71. The third-order valence-corrected chi connectivity index (χ3v) is 4.62. The fourth-order valence-corrected chi connectivity index (χ4v) is 3.18. The summed E-state index contributed by atoms with van der Waals surface area (Å²) in [5.74, 6) is -3.88. The minimum atomic E-state index is -5.18. The number of carbonyl (C=O) groups is 2. The molecule has 0 saturated heterocycles. The lowest BCUT2D eigenvalue weighted by Gasteiger charge is -2.45. The van der Waals surface area contributed by atoms with Crippen LogP contribution in [0.15, 0.2) is 12.3 Å². The van der Waals surface area contributed by atoms with Gasteiger partial charge in [-0.15, -0.1) is 0 Å². The molecule has 1 rings (SSSR count). The number of alkyl halides is 3. The molecule has 0 spiro atoms. The fraction of sp³-hybridized carbons (Fsp3) is 0.667. The molecule has 1 saturated carbocycles. The highest BCUT2D eigenvalue weighted by atomic mass is 19.4. The first-order valence-corrected chi connectivity index (χ1v) is 5.68. The molecule has 0 bridgehead atoms. The number of rotatable bonds is 3. The molecular weight excluding hydrogens is 281 g/mol. The standard InChI is InChI=1S/C12H15F3O5/c1-9(2)10(5-6-16,7(17)18)3-4-11(9,8(19)20)12(13,14)15/h5-6,16H,3-4H2,1-2H3,(H,17,18)(H,19,20)/i6D. The summed E-state index contributed by atoms with van der Waals surface area (Å²) in [5, 5.41) is 27.5. The van der Waals surface area contributed by atoms with Crippen LogP contribution in [-0.4, -0.2) is 33.4 Å². The summed E-state index contributed by atoms with van der Waals surface area (Å²) >= 11 is 0. The highest BCUT2D eigenvalue weighted by Gasteiger charge is 2.78. The van der Waals surface area contributed by atoms with Gasteiger partial charge >= 0.3 is 18.1 Å². The van der Waals surface area contributed by atoms with Gasteiger partial charge in [-0.2, -0.15) is 13.2 Å². The van der Waals surface area contributed by atoms with Crippen molar-refractivity contribution in [3.63, 3.8) is 0 Å². The lowest BCUT2D eigenvalue weighted by molar-refractivity contribution is -0.259. The molecular formula is C12H15F3O5. The summed E-state index contributed by atoms with van der Waals surface area (Å²) in [6, 6.07) is 0. The molecule has 0 aromatic carbocycles. The van der Waals surface area contributed by atoms with Crippen molar-refractivity contribution in [1.82, 2.24) is 0 Å². The highest BCUT2D eigenvalue weighted by Crippen LogP contribution is 2.68. The molecule has 8 heteroatoms. The average Bonchev–Trinajstić information content (AvgIpc) is 2.47. The summed E-state index contributed by atoms with van der Waals surface area (Å²) in [4.78, 5) is 22.9. The van der Waals surface area contributed by atoms with E-state index in [4.69, 9.17) is 11.6 Å². The lowest BCUT2D eigenvalue weighted by atomic mass is 9.57. The van der Waals surface area contributed by atoms with Gasteiger partial charge in [0.05, 0.1) is 11.7 Å². The summed E-state index contributed by atoms with van der Waals surface area (Å²) in [6.45, 7) is 1.77. The van der Waals surface area contributed by atoms with Crippen LogP contribution in [0.2, 0.25) is 0 Å². The Bertz CT molecular complexity index is 510. The number of aliphatic carboxylic acids is 2. The van der Waals surface area contributed by atoms with E-state index in [1.165, 1.54) is 0 Å². The fourth-order valence-electron chi connectivity index (χ4n) is 3.18. The molecule has 0 heterocycles. The van der Waals surface area contributed by atoms with Crippen LogP contribution in [0, 0.1) is 16.2 Å². The smallest absolute Gasteiger partial charge is 0.405 e. The van der Waals surface area contributed by atoms with E-state index in [9.17, 15) is 27.9 Å². The molecule has 1 aliphatic carbocycles. The number of aliphatic hydroxyl groups is 1. The number of hydrogen-bond donors (Lipinski definition) is 3. The molecule has 1 fully saturated rings. The molecule has 2 atom stereocenters. The summed E-state index contributed by atoms with van der Waals surface area (Å²) in [7, 11) is 0. The molecule has 1 aliphatic rings. The van der Waals surface area contributed by atoms with Crippen LogP contribution < -0.4 is 0 Å². The summed E-state index contributed by atoms with van der Waals surface area (Å²) in [6.07, 6.45) is -7.51. The first-order chi connectivity index (χ1) is 9.26. The van der Waals surface area contributed by atoms with Crippen LogP contribution >= 0.6 is 0 Å². The monoisotopic (exact) mass is 297 g/mol. The molecule has 0 aromatic rings. The van der Waals surface area contributed by atoms with E-state index in [0.29, 0.717) is 6.08 Å². The molecule has 5 nitrogen and oxygen atoms in total. The molecule has 0 amide bonds. The number of hydrogen-bond acceptors (Lipinski definition) is 3. The zero-order valence-corrected chi connectivity index (χ0v) is 10.8. The van der Waals surface area contributed by atoms with Crippen LogP contribution in [0.25, 0.3) is 0 Å². The van der Waals surface area contributed by atoms with Crippen molar-refractivity contribution >= 4 is 11.9 Å². The van der Waals surface area contributed by atoms with Crippen molar-refractivity contribution in [3.05, 3.63) is 12.3 Å². The largest absolute Gasteiger partial charge is 0.516 e. The molecule has 0 radical (unpaired) electrons. The van der Waals surface area contributed by atoms with Gasteiger partial charge in [-0.05, 0) is 18.9 Å². The number of aliphatic hydroxyl groups excluding tert-OH is 1. The van der Waals surface area contributed by atoms with Crippen molar-refractivity contribution in [1.29, 1.82) is 0 Å². The topological polar surface area (TPSA) is 94.8 Å². The highest BCUT2D eigenvalue weighted by molar-refractivity contribution is 5.85. The van der Waals surface area contributed by atoms with Gasteiger partial charge in [0.1, 0.15) is 1.37 Å². The first kappa shape index (κ1) is 14.7. The summed E-state index contributed by atoms with van der Waals surface area (Å²) < 4.78 is 47.2. The predicted octanol–water partition coefficient (Wildman–Crippen LogP) is 2.58. The SMILES string of the molecule is [2H]C(O)=CC1(C(=O)O)CCC(C(=O)O)(C(F)(F)F)C1(C)C. The van der Waals surface area contributed by atoms with Crippen LogP contribution in [0.3, 0.4) is 0 Å². The molecule has 0 aliphatic heterocycles. The maximum Gasteiger partial charge on any atom is 0.405 e. The van der Waals surface area contributed by atoms with Crippen LogP contribution in [0.5, 0.6) is 0 Å². The number of halogens is 3. The zero-order valence-electron chi connectivity index (χ0n) is 11.8. The molecule has 20 heavy (non-hydrogen) atoms. The van der Waals surface area contributed by atoms with E-state index in [2.05, 4.69) is 0 Å². The van der Waals surface area contributed by atoms with Gasteiger partial charge in [0, 0.05) is 5.41 Å². The predicted molar refractivity (Wildman–Crippen MR) is 61.0 cm³/mol. The molecule has 2 unspecified atom stereocenters. The van der Waals surface area contributed by atoms with Gasteiger partial charge in [-0.3, -0.25) is 9.59 Å². The average molecular weight is 297 g/mol. The number of carboxylic acids is 2. The van der Waals surface area contributed by atoms with E-state index >= 15 is 0 Å². The Morgan fingerprint density at radius 2 is 1.70 bits per heavy atom. The maximum absolute atomic E-state index is 13.4. The second kappa shape index (κ2) is 4.39. The minimum Gasteiger partial charge on any atom is -0.516 e. The minimum absolute atomic E-state index is 0.478. The van der Waals surface area contributed by atoms with Gasteiger partial charge in [0.25, 0.3) is 0 Å². The zero-order chi connectivity index (χ0) is 16.9. The second-order valence-corrected chi connectivity index (χ2v) is 5.38. The Morgan fingerprint density at radius 3 is 1.95 bits per heavy atom. The normalized spacial score (nSPS) is 34.6. The Kier molecular flexibility index (Phi) is 3.22. The van der Waals surface area contributed by atoms with Gasteiger partial charge in [0.15, 0.2) is 5.41 Å². The Hall–Kier alpha value is -1.73. The Labute approximate surface area is 114 Å². The maximum atomic E-state index is 13.4. The van der Waals surface area contributed by atoms with Crippen molar-refractivity contribution in [2.24, 2.45) is 16.2 Å². The van der Waals surface area contributed by atoms with Crippen molar-refractivity contribution in [3.8, 4) is 0 Å². The van der Waals surface area contributed by atoms with E-state index in [0.717, 1.165) is 13.8 Å². The van der Waals surface area contributed by atoms with Gasteiger partial charge in [-0.1, -0.05) is 13.8 Å². The van der Waals surface area contributed by atoms with E-state index in [-0.39, 0.29) is 0 Å². The van der Waals surface area contributed by atoms with E-state index in [1.54, 1.807) is 0 Å². The van der Waals surface area contributed by atoms with Gasteiger partial charge in [0.2, 0.25) is 0 Å².